The molecule has 0 aliphatic carbocycles. The van der Waals surface area contributed by atoms with Crippen LogP contribution in [0.2, 0.25) is 0 Å². The van der Waals surface area contributed by atoms with Gasteiger partial charge in [0.05, 0.1) is 7.11 Å². The van der Waals surface area contributed by atoms with Gasteiger partial charge in [-0.3, -0.25) is 4.79 Å². The number of benzene rings is 1. The fourth-order valence-electron chi connectivity index (χ4n) is 4.69. The van der Waals surface area contributed by atoms with Crippen LogP contribution in [0.3, 0.4) is 0 Å². The Kier molecular flexibility index (Phi) is 6.33. The molecule has 0 bridgehead atoms. The monoisotopic (exact) mass is 463 g/mol. The van der Waals surface area contributed by atoms with E-state index in [1.807, 2.05) is 12.1 Å². The summed E-state index contributed by atoms with van der Waals surface area (Å²) in [5.74, 6) is 1.88. The molecule has 4 heterocycles. The van der Waals surface area contributed by atoms with Gasteiger partial charge in [0.1, 0.15) is 5.56 Å². The maximum atomic E-state index is 13.1. The normalized spacial score (nSPS) is 17.0. The predicted octanol–water partition coefficient (Wildman–Crippen LogP) is 2.93. The summed E-state index contributed by atoms with van der Waals surface area (Å²) in [7, 11) is 1.51. The molecule has 2 aromatic heterocycles. The lowest BCUT2D eigenvalue weighted by atomic mass is 10.1. The van der Waals surface area contributed by atoms with Gasteiger partial charge in [-0.05, 0) is 37.1 Å². The number of hydrogen-bond donors (Lipinski definition) is 0. The second-order valence-electron chi connectivity index (χ2n) is 8.76. The fraction of sp³-hybridized carbons (Fsp3) is 0.440. The van der Waals surface area contributed by atoms with Crippen molar-refractivity contribution in [1.82, 2.24) is 15.1 Å². The summed E-state index contributed by atoms with van der Waals surface area (Å²) in [6.45, 7) is 4.29. The molecule has 2 aliphatic rings. The van der Waals surface area contributed by atoms with Crippen molar-refractivity contribution in [3.63, 3.8) is 0 Å². The number of carbonyl (C=O) groups is 1. The van der Waals surface area contributed by atoms with Gasteiger partial charge in [0.25, 0.3) is 5.91 Å². The van der Waals surface area contributed by atoms with Gasteiger partial charge in [-0.1, -0.05) is 25.0 Å². The van der Waals surface area contributed by atoms with Crippen LogP contribution in [-0.4, -0.2) is 67.4 Å². The molecule has 9 heteroatoms. The maximum Gasteiger partial charge on any atom is 0.349 e. The van der Waals surface area contributed by atoms with E-state index in [4.69, 9.17) is 9.15 Å². The standard InChI is InChI=1S/C25H29N5O4/c1-33-20-8-6-7-18-17-19(25(32)34-23(18)20)24(31)30-15-13-29(14-16-30)22-10-9-21(26-27-22)28-11-4-2-3-5-12-28/h6-10,17H,2-5,11-16H2,1H3. The second kappa shape index (κ2) is 9.70. The lowest BCUT2D eigenvalue weighted by molar-refractivity contribution is 0.0742. The van der Waals surface area contributed by atoms with E-state index in [0.717, 1.165) is 24.7 Å². The summed E-state index contributed by atoms with van der Waals surface area (Å²) in [4.78, 5) is 31.8. The van der Waals surface area contributed by atoms with E-state index in [-0.39, 0.29) is 11.5 Å². The minimum absolute atomic E-state index is 0.0378. The molecule has 0 spiro atoms. The van der Waals surface area contributed by atoms with Crippen molar-refractivity contribution in [2.24, 2.45) is 0 Å². The zero-order chi connectivity index (χ0) is 23.5. The van der Waals surface area contributed by atoms with Gasteiger partial charge in [-0.25, -0.2) is 4.79 Å². The average molecular weight is 464 g/mol. The molecule has 2 aliphatic heterocycles. The van der Waals surface area contributed by atoms with Gasteiger partial charge in [-0.15, -0.1) is 10.2 Å². The van der Waals surface area contributed by atoms with E-state index < -0.39 is 5.63 Å². The Bertz CT molecular complexity index is 1210. The summed E-state index contributed by atoms with van der Waals surface area (Å²) in [6.07, 6.45) is 4.95. The number of piperazine rings is 1. The van der Waals surface area contributed by atoms with Crippen molar-refractivity contribution in [3.05, 3.63) is 52.4 Å². The highest BCUT2D eigenvalue weighted by Gasteiger charge is 2.26. The van der Waals surface area contributed by atoms with Crippen molar-refractivity contribution < 1.29 is 13.9 Å². The first-order valence-corrected chi connectivity index (χ1v) is 11.9. The van der Waals surface area contributed by atoms with Crippen molar-refractivity contribution in [2.75, 3.05) is 56.2 Å². The number of para-hydroxylation sites is 1. The SMILES string of the molecule is COc1cccc2cc(C(=O)N3CCN(c4ccc(N5CCCCCC5)nn4)CC3)c(=O)oc12. The number of rotatable bonds is 4. The maximum absolute atomic E-state index is 13.1. The van der Waals surface area contributed by atoms with Gasteiger partial charge in [0.15, 0.2) is 23.0 Å². The van der Waals surface area contributed by atoms with Crippen LogP contribution in [0, 0.1) is 0 Å². The first-order chi connectivity index (χ1) is 16.6. The Morgan fingerprint density at radius 3 is 2.15 bits per heavy atom. The Morgan fingerprint density at radius 2 is 1.53 bits per heavy atom. The summed E-state index contributed by atoms with van der Waals surface area (Å²) in [5, 5.41) is 9.57. The summed E-state index contributed by atoms with van der Waals surface area (Å²) < 4.78 is 10.7. The van der Waals surface area contributed by atoms with Crippen LogP contribution in [0.15, 0.2) is 45.6 Å². The third kappa shape index (κ3) is 4.42. The molecule has 0 radical (unpaired) electrons. The number of methoxy groups -OCH3 is 1. The van der Waals surface area contributed by atoms with E-state index in [1.54, 1.807) is 29.2 Å². The van der Waals surface area contributed by atoms with Crippen LogP contribution in [0.25, 0.3) is 11.0 Å². The van der Waals surface area contributed by atoms with Crippen molar-refractivity contribution in [1.29, 1.82) is 0 Å². The van der Waals surface area contributed by atoms with Crippen molar-refractivity contribution in [3.8, 4) is 5.75 Å². The van der Waals surface area contributed by atoms with Gasteiger partial charge in [-0.2, -0.15) is 0 Å². The average Bonchev–Trinajstić information content (AvgIpc) is 3.17. The van der Waals surface area contributed by atoms with Crippen LogP contribution in [-0.2, 0) is 0 Å². The highest BCUT2D eigenvalue weighted by Crippen LogP contribution is 2.25. The minimum Gasteiger partial charge on any atom is -0.493 e. The molecular weight excluding hydrogens is 434 g/mol. The van der Waals surface area contributed by atoms with Crippen LogP contribution in [0.5, 0.6) is 5.75 Å². The van der Waals surface area contributed by atoms with Crippen LogP contribution in [0.4, 0.5) is 11.6 Å². The minimum atomic E-state index is -0.653. The topological polar surface area (TPSA) is 92.0 Å². The zero-order valence-electron chi connectivity index (χ0n) is 19.4. The highest BCUT2D eigenvalue weighted by atomic mass is 16.5. The fourth-order valence-corrected chi connectivity index (χ4v) is 4.69. The molecule has 3 aromatic rings. The molecule has 0 N–H and O–H groups in total. The van der Waals surface area contributed by atoms with Gasteiger partial charge in [0.2, 0.25) is 0 Å². The molecule has 0 atom stereocenters. The highest BCUT2D eigenvalue weighted by molar-refractivity contribution is 5.97. The molecule has 0 unspecified atom stereocenters. The van der Waals surface area contributed by atoms with E-state index in [9.17, 15) is 9.59 Å². The number of carbonyl (C=O) groups excluding carboxylic acids is 1. The Balaban J connectivity index is 1.25. The number of anilines is 2. The lowest BCUT2D eigenvalue weighted by Crippen LogP contribution is -2.49. The van der Waals surface area contributed by atoms with Gasteiger partial charge < -0.3 is 23.9 Å². The molecule has 9 nitrogen and oxygen atoms in total. The molecule has 5 rings (SSSR count). The molecule has 34 heavy (non-hydrogen) atoms. The molecule has 2 fully saturated rings. The number of fused-ring (bicyclic) bond motifs is 1. The molecule has 0 saturated carbocycles. The third-order valence-corrected chi connectivity index (χ3v) is 6.63. The van der Waals surface area contributed by atoms with Crippen molar-refractivity contribution >= 4 is 28.5 Å². The number of nitrogens with zero attached hydrogens (tertiary/aromatic N) is 5. The van der Waals surface area contributed by atoms with Gasteiger partial charge >= 0.3 is 5.63 Å². The third-order valence-electron chi connectivity index (χ3n) is 6.63. The predicted molar refractivity (Wildman–Crippen MR) is 130 cm³/mol. The number of hydrogen-bond acceptors (Lipinski definition) is 8. The van der Waals surface area contributed by atoms with E-state index in [0.29, 0.717) is 42.9 Å². The molecule has 1 amide bonds. The first-order valence-electron chi connectivity index (χ1n) is 11.9. The summed E-state index contributed by atoms with van der Waals surface area (Å²) >= 11 is 0. The summed E-state index contributed by atoms with van der Waals surface area (Å²) in [6, 6.07) is 11.0. The molecular formula is C25H29N5O4. The Morgan fingerprint density at radius 1 is 0.882 bits per heavy atom. The smallest absolute Gasteiger partial charge is 0.349 e. The van der Waals surface area contributed by atoms with E-state index in [1.165, 1.54) is 32.8 Å². The van der Waals surface area contributed by atoms with Crippen LogP contribution >= 0.6 is 0 Å². The van der Waals surface area contributed by atoms with Crippen LogP contribution < -0.4 is 20.2 Å². The van der Waals surface area contributed by atoms with Crippen LogP contribution in [0.1, 0.15) is 36.0 Å². The molecule has 1 aromatic carbocycles. The molecule has 2 saturated heterocycles. The zero-order valence-corrected chi connectivity index (χ0v) is 19.4. The summed E-state index contributed by atoms with van der Waals surface area (Å²) in [5.41, 5.74) is -0.270. The number of ether oxygens (including phenoxy) is 1. The second-order valence-corrected chi connectivity index (χ2v) is 8.76. The quantitative estimate of drug-likeness (QED) is 0.546. The van der Waals surface area contributed by atoms with E-state index in [2.05, 4.69) is 20.0 Å². The Hall–Kier alpha value is -3.62. The first kappa shape index (κ1) is 22.2. The van der Waals surface area contributed by atoms with Crippen molar-refractivity contribution in [2.45, 2.75) is 25.7 Å². The lowest BCUT2D eigenvalue weighted by Gasteiger charge is -2.35. The van der Waals surface area contributed by atoms with E-state index >= 15 is 0 Å². The Labute approximate surface area is 197 Å². The number of amides is 1. The molecule has 178 valence electrons. The van der Waals surface area contributed by atoms with Gasteiger partial charge in [0, 0.05) is 44.7 Å². The number of aromatic nitrogens is 2. The largest absolute Gasteiger partial charge is 0.493 e.